The zero-order valence-corrected chi connectivity index (χ0v) is 19.1. The van der Waals surface area contributed by atoms with E-state index in [1.807, 2.05) is 44.2 Å². The highest BCUT2D eigenvalue weighted by Crippen LogP contribution is 2.30. The van der Waals surface area contributed by atoms with Crippen molar-refractivity contribution < 1.29 is 25.2 Å². The molecule has 32 heavy (non-hydrogen) atoms. The second kappa shape index (κ2) is 11.5. The maximum atomic E-state index is 13.4. The Morgan fingerprint density at radius 3 is 2.66 bits per heavy atom. The van der Waals surface area contributed by atoms with Gasteiger partial charge in [0.1, 0.15) is 11.5 Å². The lowest BCUT2D eigenvalue weighted by atomic mass is 10.1. The predicted octanol–water partition coefficient (Wildman–Crippen LogP) is 6.08. The van der Waals surface area contributed by atoms with Crippen molar-refractivity contribution in [3.63, 3.8) is 0 Å². The first kappa shape index (κ1) is 22.1. The lowest BCUT2D eigenvalue weighted by Gasteiger charge is -2.27. The number of para-hydroxylation sites is 1. The molecule has 2 aromatic heterocycles. The molecule has 1 N–H and O–H groups in total. The van der Waals surface area contributed by atoms with E-state index in [1.165, 1.54) is 11.3 Å². The second-order valence-electron chi connectivity index (χ2n) is 7.67. The van der Waals surface area contributed by atoms with E-state index in [4.69, 9.17) is 15.6 Å². The molecule has 0 aliphatic carbocycles. The number of carboxylic acid groups (broad SMARTS) is 1. The first-order valence-corrected chi connectivity index (χ1v) is 11.5. The van der Waals surface area contributed by atoms with E-state index in [0.717, 1.165) is 17.7 Å². The third-order valence-corrected chi connectivity index (χ3v) is 5.95. The Kier molecular flexibility index (Phi) is 7.98. The van der Waals surface area contributed by atoms with E-state index in [1.54, 1.807) is 29.4 Å². The molecule has 170 valence electrons. The number of ether oxygens (including phenoxy) is 1. The van der Waals surface area contributed by atoms with E-state index >= 15 is 0 Å². The predicted molar refractivity (Wildman–Crippen MR) is 125 cm³/mol. The number of aliphatic carboxylic acids is 1. The fourth-order valence-electron chi connectivity index (χ4n) is 3.18. The van der Waals surface area contributed by atoms with Gasteiger partial charge in [0.15, 0.2) is 0 Å². The summed E-state index contributed by atoms with van der Waals surface area (Å²) in [5.41, 5.74) is 0.618. The van der Waals surface area contributed by atoms with E-state index in [2.05, 4.69) is 0 Å². The molecule has 0 aliphatic heterocycles. The molecule has 0 spiro atoms. The molecule has 6 nitrogen and oxygen atoms in total. The summed E-state index contributed by atoms with van der Waals surface area (Å²) in [5, 5.41) is 8.73. The van der Waals surface area contributed by atoms with Gasteiger partial charge in [0.2, 0.25) is 0 Å². The Bertz CT molecular complexity index is 1050. The number of amides is 1. The van der Waals surface area contributed by atoms with Crippen LogP contribution in [-0.2, 0) is 11.3 Å². The molecule has 1 amide bonds. The molecule has 1 atom stereocenters. The number of carbonyl (C=O) groups excluding carboxylic acids is 1. The van der Waals surface area contributed by atoms with Crippen LogP contribution in [0, 0.1) is 0 Å². The van der Waals surface area contributed by atoms with Gasteiger partial charge in [0, 0.05) is 24.5 Å². The number of rotatable bonds is 12. The molecule has 7 heteroatoms. The van der Waals surface area contributed by atoms with E-state index in [0.29, 0.717) is 35.0 Å². The average molecular weight is 457 g/mol. The van der Waals surface area contributed by atoms with Gasteiger partial charge in [-0.15, -0.1) is 11.3 Å². The van der Waals surface area contributed by atoms with Crippen molar-refractivity contribution in [2.75, 3.05) is 6.61 Å². The summed E-state index contributed by atoms with van der Waals surface area (Å²) in [4.78, 5) is 27.0. The van der Waals surface area contributed by atoms with Crippen molar-refractivity contribution in [1.82, 2.24) is 4.90 Å². The van der Waals surface area contributed by atoms with Gasteiger partial charge >= 0.3 is 5.97 Å². The lowest BCUT2D eigenvalue weighted by molar-refractivity contribution is -0.137. The van der Waals surface area contributed by atoms with Gasteiger partial charge in [-0.1, -0.05) is 18.2 Å². The molecule has 3 aromatic rings. The average Bonchev–Trinajstić information content (AvgIpc) is 3.48. The molecule has 0 saturated heterocycles. The first-order valence-electron chi connectivity index (χ1n) is 11.3. The number of benzene rings is 1. The van der Waals surface area contributed by atoms with Crippen LogP contribution in [0.15, 0.2) is 59.2 Å². The fourth-order valence-corrected chi connectivity index (χ4v) is 4.10. The van der Waals surface area contributed by atoms with Crippen LogP contribution in [0.1, 0.15) is 56.1 Å². The lowest BCUT2D eigenvalue weighted by Crippen LogP contribution is -2.36. The Hall–Kier alpha value is -3.06. The summed E-state index contributed by atoms with van der Waals surface area (Å²) in [7, 11) is 0. The second-order valence-corrected chi connectivity index (χ2v) is 8.75. The Morgan fingerprint density at radius 1 is 1.12 bits per heavy atom. The van der Waals surface area contributed by atoms with Gasteiger partial charge < -0.3 is 19.2 Å². The zero-order valence-electron chi connectivity index (χ0n) is 19.3. The van der Waals surface area contributed by atoms with Gasteiger partial charge in [-0.25, -0.2) is 0 Å². The number of carbonyl (C=O) groups is 2. The van der Waals surface area contributed by atoms with Crippen LogP contribution in [-0.4, -0.2) is 34.5 Å². The largest absolute Gasteiger partial charge is 0.493 e. The highest BCUT2D eigenvalue weighted by molar-refractivity contribution is 7.17. The number of nitrogens with zero attached hydrogens (tertiary/aromatic N) is 1. The highest BCUT2D eigenvalue weighted by Gasteiger charge is 2.22. The van der Waals surface area contributed by atoms with Crippen molar-refractivity contribution in [2.45, 2.75) is 52.1 Å². The molecular formula is C25H29NO5S. The molecule has 1 unspecified atom stereocenters. The maximum Gasteiger partial charge on any atom is 0.303 e. The Labute approximate surface area is 193 Å². The number of unbranched alkanes of at least 4 members (excludes halogenated alkanes) is 2. The van der Waals surface area contributed by atoms with Gasteiger partial charge in [-0.2, -0.15) is 0 Å². The SMILES string of the molecule is [2H]C(c1ccccc1OCCCCCC(=O)O)N(C(=O)c1ccc(-c2ccco2)s1)C(C)C. The minimum atomic E-state index is -0.935. The molecule has 0 fully saturated rings. The topological polar surface area (TPSA) is 80.0 Å². The van der Waals surface area contributed by atoms with Crippen LogP contribution in [0.25, 0.3) is 10.6 Å². The standard InChI is InChI=1S/C25H29NO5S/c1-18(2)26(25(29)23-14-13-22(32-23)21-11-8-16-31-21)17-19-9-5-6-10-20(19)30-15-7-3-4-12-24(27)28/h5-6,8-11,13-14,16,18H,3-4,7,12,15,17H2,1-2H3,(H,27,28)/i17D. The number of thiophene rings is 1. The smallest absolute Gasteiger partial charge is 0.303 e. The monoisotopic (exact) mass is 456 g/mol. The summed E-state index contributed by atoms with van der Waals surface area (Å²) in [5.74, 6) is 0.270. The van der Waals surface area contributed by atoms with E-state index in [9.17, 15) is 9.59 Å². The zero-order chi connectivity index (χ0) is 23.8. The van der Waals surface area contributed by atoms with Crippen molar-refractivity contribution in [3.8, 4) is 16.4 Å². The number of furan rings is 1. The van der Waals surface area contributed by atoms with Crippen LogP contribution >= 0.6 is 11.3 Å². The molecule has 0 aliphatic rings. The molecule has 0 radical (unpaired) electrons. The van der Waals surface area contributed by atoms with Gasteiger partial charge in [-0.3, -0.25) is 9.59 Å². The molecule has 0 bridgehead atoms. The summed E-state index contributed by atoms with van der Waals surface area (Å²) in [6.45, 7) is 3.28. The normalized spacial score (nSPS) is 12.4. The molecule has 2 heterocycles. The van der Waals surface area contributed by atoms with Crippen LogP contribution in [0.3, 0.4) is 0 Å². The van der Waals surface area contributed by atoms with Crippen LogP contribution in [0.5, 0.6) is 5.75 Å². The van der Waals surface area contributed by atoms with E-state index < -0.39 is 12.5 Å². The van der Waals surface area contributed by atoms with E-state index in [-0.39, 0.29) is 18.4 Å². The van der Waals surface area contributed by atoms with Gasteiger partial charge in [-0.05, 0) is 63.4 Å². The van der Waals surface area contributed by atoms with Crippen LogP contribution in [0.4, 0.5) is 0 Å². The number of hydrogen-bond donors (Lipinski definition) is 1. The van der Waals surface area contributed by atoms with Crippen molar-refractivity contribution in [1.29, 1.82) is 0 Å². The van der Waals surface area contributed by atoms with Gasteiger partial charge in [0.05, 0.1) is 24.0 Å². The summed E-state index contributed by atoms with van der Waals surface area (Å²) in [6.07, 6.45) is 3.84. The fraction of sp³-hybridized carbons (Fsp3) is 0.360. The molecule has 1 aromatic carbocycles. The van der Waals surface area contributed by atoms with Crippen molar-refractivity contribution in [3.05, 3.63) is 65.2 Å². The van der Waals surface area contributed by atoms with Crippen LogP contribution in [0.2, 0.25) is 0 Å². The summed E-state index contributed by atoms with van der Waals surface area (Å²) >= 11 is 1.34. The molecule has 0 saturated carbocycles. The summed E-state index contributed by atoms with van der Waals surface area (Å²) in [6, 6.07) is 14.4. The third-order valence-electron chi connectivity index (χ3n) is 4.86. The first-order chi connectivity index (χ1) is 15.9. The Morgan fingerprint density at radius 2 is 1.94 bits per heavy atom. The minimum absolute atomic E-state index is 0.154. The maximum absolute atomic E-state index is 13.4. The quantitative estimate of drug-likeness (QED) is 0.334. The number of carboxylic acids is 1. The van der Waals surface area contributed by atoms with Gasteiger partial charge in [0.25, 0.3) is 5.91 Å². The third kappa shape index (κ3) is 6.47. The molecular weight excluding hydrogens is 426 g/mol. The van der Waals surface area contributed by atoms with Crippen LogP contribution < -0.4 is 4.74 Å². The summed E-state index contributed by atoms with van der Waals surface area (Å²) < 4.78 is 20.3. The number of hydrogen-bond acceptors (Lipinski definition) is 5. The Balaban J connectivity index is 1.71. The molecule has 3 rings (SSSR count). The van der Waals surface area contributed by atoms with Crippen molar-refractivity contribution in [2.24, 2.45) is 0 Å². The minimum Gasteiger partial charge on any atom is -0.493 e. The van der Waals surface area contributed by atoms with Crippen molar-refractivity contribution >= 4 is 23.2 Å². The highest BCUT2D eigenvalue weighted by atomic mass is 32.1.